The van der Waals surface area contributed by atoms with Crippen molar-refractivity contribution in [3.63, 3.8) is 0 Å². The molecule has 1 aromatic carbocycles. The zero-order chi connectivity index (χ0) is 18.3. The van der Waals surface area contributed by atoms with Gasteiger partial charge < -0.3 is 10.4 Å². The number of urea groups is 1. The Morgan fingerprint density at radius 3 is 2.26 bits per heavy atom. The summed E-state index contributed by atoms with van der Waals surface area (Å²) in [5.41, 5.74) is 5.78. The summed E-state index contributed by atoms with van der Waals surface area (Å²) in [6.45, 7) is 1.16. The van der Waals surface area contributed by atoms with Crippen LogP contribution in [0.3, 0.4) is 0 Å². The standard InChI is InChI=1S/C18H25N3O4S.K/c22-8-7-21-10-14(11-21)26(24,25)20-18(23)19-17-15-5-1-3-12(15)9-13-4-2-6-16(13)17;/h9,14,22H,1-8,10-11H2,(H2,19,20,23);. The summed E-state index contributed by atoms with van der Waals surface area (Å²) in [7, 11) is -3.71. The van der Waals surface area contributed by atoms with Crippen molar-refractivity contribution in [2.45, 2.75) is 43.8 Å². The Bertz CT molecular complexity index is 805. The third-order valence-corrected chi connectivity index (χ3v) is 7.37. The molecule has 1 saturated heterocycles. The maximum Gasteiger partial charge on any atom is 0.332 e. The van der Waals surface area contributed by atoms with Gasteiger partial charge in [0.1, 0.15) is 5.25 Å². The molecule has 2 aliphatic carbocycles. The average molecular weight is 419 g/mol. The minimum atomic E-state index is -3.71. The summed E-state index contributed by atoms with van der Waals surface area (Å²) in [6.07, 6.45) is 6.08. The zero-order valence-corrected chi connectivity index (χ0v) is 19.7. The first kappa shape index (κ1) is 21.7. The number of hydrogen-bond acceptors (Lipinski definition) is 5. The van der Waals surface area contributed by atoms with Crippen LogP contribution in [-0.4, -0.2) is 107 Å². The second-order valence-electron chi connectivity index (χ2n) is 7.44. The first-order valence-electron chi connectivity index (χ1n) is 9.30. The van der Waals surface area contributed by atoms with Gasteiger partial charge in [0.05, 0.1) is 6.61 Å². The zero-order valence-electron chi connectivity index (χ0n) is 15.8. The normalized spacial score (nSPS) is 19.0. The predicted octanol–water partition coefficient (Wildman–Crippen LogP) is 0.411. The molecule has 2 amide bonds. The van der Waals surface area contributed by atoms with Gasteiger partial charge in [-0.2, -0.15) is 0 Å². The molecule has 0 atom stereocenters. The van der Waals surface area contributed by atoms with Crippen LogP contribution in [0.5, 0.6) is 0 Å². The number of anilines is 1. The molecule has 4 rings (SSSR count). The van der Waals surface area contributed by atoms with Crippen molar-refractivity contribution < 1.29 is 18.3 Å². The molecule has 1 radical (unpaired) electrons. The number of aryl methyl sites for hydroxylation is 2. The molecule has 0 aromatic heterocycles. The number of carbonyl (C=O) groups excluding carboxylic acids is 1. The van der Waals surface area contributed by atoms with Crippen LogP contribution >= 0.6 is 0 Å². The van der Waals surface area contributed by atoms with Crippen molar-refractivity contribution >= 4 is 73.1 Å². The molecule has 3 aliphatic rings. The topological polar surface area (TPSA) is 98.7 Å². The molecular weight excluding hydrogens is 393 g/mol. The van der Waals surface area contributed by atoms with Crippen molar-refractivity contribution in [1.29, 1.82) is 0 Å². The fourth-order valence-corrected chi connectivity index (χ4v) is 5.65. The fraction of sp³-hybridized carbons (Fsp3) is 0.611. The largest absolute Gasteiger partial charge is 0.395 e. The Labute approximate surface area is 202 Å². The molecule has 3 N–H and O–H groups in total. The van der Waals surface area contributed by atoms with Gasteiger partial charge >= 0.3 is 6.03 Å². The number of hydrogen-bond donors (Lipinski definition) is 3. The number of sulfonamides is 1. The molecule has 1 fully saturated rings. The Balaban J connectivity index is 0.00000210. The monoisotopic (exact) mass is 418 g/mol. The number of amides is 2. The maximum absolute atomic E-state index is 12.4. The van der Waals surface area contributed by atoms with Crippen LogP contribution < -0.4 is 10.0 Å². The van der Waals surface area contributed by atoms with E-state index in [1.54, 1.807) is 0 Å². The van der Waals surface area contributed by atoms with Crippen molar-refractivity contribution in [3.8, 4) is 0 Å². The van der Waals surface area contributed by atoms with Gasteiger partial charge in [-0.3, -0.25) is 4.90 Å². The van der Waals surface area contributed by atoms with Crippen LogP contribution in [0.15, 0.2) is 6.07 Å². The van der Waals surface area contributed by atoms with E-state index >= 15 is 0 Å². The van der Waals surface area contributed by atoms with Crippen LogP contribution in [0, 0.1) is 0 Å². The minimum Gasteiger partial charge on any atom is -0.395 e. The molecule has 143 valence electrons. The van der Waals surface area contributed by atoms with Crippen LogP contribution in [0.1, 0.15) is 35.1 Å². The number of carbonyl (C=O) groups is 1. The fourth-order valence-electron chi connectivity index (χ4n) is 4.36. The minimum absolute atomic E-state index is 0. The number of benzene rings is 1. The van der Waals surface area contributed by atoms with Gasteiger partial charge in [0.2, 0.25) is 10.0 Å². The van der Waals surface area contributed by atoms with Gasteiger partial charge in [0, 0.05) is 76.7 Å². The summed E-state index contributed by atoms with van der Waals surface area (Å²) in [6, 6.07) is 1.61. The molecule has 0 spiro atoms. The van der Waals surface area contributed by atoms with Gasteiger partial charge in [-0.1, -0.05) is 6.07 Å². The second kappa shape index (κ2) is 8.79. The molecule has 1 aromatic rings. The number of aliphatic hydroxyl groups excluding tert-OH is 1. The van der Waals surface area contributed by atoms with E-state index in [0.29, 0.717) is 19.6 Å². The third kappa shape index (κ3) is 4.45. The van der Waals surface area contributed by atoms with E-state index in [9.17, 15) is 13.2 Å². The van der Waals surface area contributed by atoms with Gasteiger partial charge in [-0.15, -0.1) is 0 Å². The second-order valence-corrected chi connectivity index (χ2v) is 9.40. The molecule has 0 bridgehead atoms. The summed E-state index contributed by atoms with van der Waals surface area (Å²) in [5.74, 6) is 0. The molecule has 27 heavy (non-hydrogen) atoms. The number of nitrogens with one attached hydrogen (secondary N) is 2. The van der Waals surface area contributed by atoms with Crippen molar-refractivity contribution in [3.05, 3.63) is 28.3 Å². The van der Waals surface area contributed by atoms with Crippen molar-refractivity contribution in [2.24, 2.45) is 0 Å². The number of β-amino-alcohol motifs (C(OH)–C–C–N with tert-alkyl or cyclic N) is 1. The Hall–Kier alpha value is -0.00364. The van der Waals surface area contributed by atoms with E-state index in [2.05, 4.69) is 16.1 Å². The van der Waals surface area contributed by atoms with Gasteiger partial charge in [0.25, 0.3) is 0 Å². The van der Waals surface area contributed by atoms with Gasteiger partial charge in [-0.05, 0) is 60.8 Å². The summed E-state index contributed by atoms with van der Waals surface area (Å²) >= 11 is 0. The Morgan fingerprint density at radius 2 is 1.70 bits per heavy atom. The van der Waals surface area contributed by atoms with Crippen molar-refractivity contribution in [2.75, 3.05) is 31.6 Å². The number of nitrogens with zero attached hydrogens (tertiary/aromatic N) is 1. The van der Waals surface area contributed by atoms with Crippen LogP contribution in [0.2, 0.25) is 0 Å². The third-order valence-electron chi connectivity index (χ3n) is 5.73. The number of likely N-dealkylation sites (tertiary alicyclic amines) is 1. The number of rotatable bonds is 5. The quantitative estimate of drug-likeness (QED) is 0.602. The summed E-state index contributed by atoms with van der Waals surface area (Å²) in [5, 5.41) is 11.1. The molecule has 9 heteroatoms. The SMILES string of the molecule is O=C(Nc1c2c(cc3c1CCC3)CCC2)NS(=O)(=O)C1CN(CCO)C1.[K]. The molecule has 7 nitrogen and oxygen atoms in total. The molecular formula is C18H25KN3O4S. The molecule has 1 aliphatic heterocycles. The first-order chi connectivity index (χ1) is 12.5. The Morgan fingerprint density at radius 1 is 1.11 bits per heavy atom. The first-order valence-corrected chi connectivity index (χ1v) is 10.8. The van der Waals surface area contributed by atoms with E-state index in [4.69, 9.17) is 5.11 Å². The van der Waals surface area contributed by atoms with Gasteiger partial charge in [0.15, 0.2) is 0 Å². The predicted molar refractivity (Wildman–Crippen MR) is 105 cm³/mol. The maximum atomic E-state index is 12.4. The van der Waals surface area contributed by atoms with Crippen molar-refractivity contribution in [1.82, 2.24) is 9.62 Å². The van der Waals surface area contributed by atoms with Crippen LogP contribution in [-0.2, 0) is 35.7 Å². The van der Waals surface area contributed by atoms with E-state index < -0.39 is 21.3 Å². The van der Waals surface area contributed by atoms with E-state index in [-0.39, 0.29) is 58.0 Å². The summed E-state index contributed by atoms with van der Waals surface area (Å²) in [4.78, 5) is 14.3. The van der Waals surface area contributed by atoms with Crippen LogP contribution in [0.4, 0.5) is 10.5 Å². The van der Waals surface area contributed by atoms with E-state index in [0.717, 1.165) is 44.2 Å². The van der Waals surface area contributed by atoms with E-state index in [1.165, 1.54) is 22.3 Å². The van der Waals surface area contributed by atoms with E-state index in [1.807, 2.05) is 4.90 Å². The molecule has 0 unspecified atom stereocenters. The Kier molecular flexibility index (Phi) is 7.06. The van der Waals surface area contributed by atoms with Gasteiger partial charge in [-0.25, -0.2) is 17.9 Å². The molecule has 1 heterocycles. The summed E-state index contributed by atoms with van der Waals surface area (Å²) < 4.78 is 26.9. The average Bonchev–Trinajstić information content (AvgIpc) is 3.18. The number of aliphatic hydroxyl groups is 1. The number of fused-ring (bicyclic) bond motifs is 2. The molecule has 0 saturated carbocycles. The smallest absolute Gasteiger partial charge is 0.332 e. The van der Waals surface area contributed by atoms with Crippen LogP contribution in [0.25, 0.3) is 0 Å².